The van der Waals surface area contributed by atoms with E-state index in [-0.39, 0.29) is 49.7 Å². The second kappa shape index (κ2) is 32.7. The number of carbonyl (C=O) groups is 12. The molecule has 2 heterocycles. The first-order chi connectivity index (χ1) is 37.2. The zero-order chi connectivity index (χ0) is 59.1. The number of H-pyrrole nitrogens is 1. The minimum atomic E-state index is -1.77. The fraction of sp³-hybridized carbons (Fsp3) is 0.583. The van der Waals surface area contributed by atoms with Gasteiger partial charge in [0.2, 0.25) is 65.0 Å². The highest BCUT2D eigenvalue weighted by Crippen LogP contribution is 2.23. The Morgan fingerprint density at radius 3 is 1.78 bits per heavy atom. The van der Waals surface area contributed by atoms with Crippen LogP contribution in [-0.2, 0) is 64.0 Å². The minimum Gasteiger partial charge on any atom is -0.481 e. The van der Waals surface area contributed by atoms with Crippen LogP contribution < -0.4 is 70.8 Å². The Bertz CT molecular complexity index is 2500. The number of aliphatic hydroxyl groups excluding tert-OH is 2. The number of hydrogen-bond donors (Lipinski definition) is 17. The van der Waals surface area contributed by atoms with Crippen molar-refractivity contribution in [1.82, 2.24) is 52.8 Å². The fourth-order valence-electron chi connectivity index (χ4n) is 7.85. The summed E-state index contributed by atoms with van der Waals surface area (Å²) in [6.07, 6.45) is -3.49. The van der Waals surface area contributed by atoms with E-state index in [1.807, 2.05) is 0 Å². The largest absolute Gasteiger partial charge is 0.481 e. The third-order valence-electron chi connectivity index (χ3n) is 12.1. The summed E-state index contributed by atoms with van der Waals surface area (Å²) in [5.41, 5.74) is 24.0. The molecule has 0 unspecified atom stereocenters. The topological polar surface area (TPSA) is 494 Å². The van der Waals surface area contributed by atoms with Crippen molar-refractivity contribution >= 4 is 103 Å². The Morgan fingerprint density at radius 1 is 0.646 bits per heavy atom. The lowest BCUT2D eigenvalue weighted by molar-refractivity contribution is -0.138. The van der Waals surface area contributed by atoms with E-state index in [0.29, 0.717) is 22.9 Å². The number of fused-ring (bicyclic) bond motifs is 1. The molecule has 1 saturated heterocycles. The van der Waals surface area contributed by atoms with E-state index in [1.54, 1.807) is 44.3 Å². The molecule has 438 valence electrons. The molecule has 29 nitrogen and oxygen atoms in total. The predicted molar refractivity (Wildman–Crippen MR) is 289 cm³/mol. The highest BCUT2D eigenvalue weighted by Gasteiger charge is 2.37. The maximum absolute atomic E-state index is 14.3. The number of para-hydroxylation sites is 1. The van der Waals surface area contributed by atoms with Crippen molar-refractivity contribution in [3.8, 4) is 0 Å². The van der Waals surface area contributed by atoms with Crippen molar-refractivity contribution in [3.63, 3.8) is 0 Å². The zero-order valence-corrected chi connectivity index (χ0v) is 45.8. The Morgan fingerprint density at radius 2 is 1.19 bits per heavy atom. The Balaban J connectivity index is 2.09. The van der Waals surface area contributed by atoms with Crippen LogP contribution in [-0.4, -0.2) is 182 Å². The van der Waals surface area contributed by atoms with Gasteiger partial charge in [-0.1, -0.05) is 53.6 Å². The highest BCUT2D eigenvalue weighted by molar-refractivity contribution is 8.76. The van der Waals surface area contributed by atoms with Gasteiger partial charge in [0.05, 0.1) is 31.2 Å². The number of hydrogen-bond acceptors (Lipinski definition) is 18. The summed E-state index contributed by atoms with van der Waals surface area (Å²) in [7, 11) is 1.89. The normalized spacial score (nSPS) is 25.5. The average molecular weight is 1150 g/mol. The molecule has 2 aromatic rings. The van der Waals surface area contributed by atoms with Crippen LogP contribution in [0.25, 0.3) is 10.9 Å². The summed E-state index contributed by atoms with van der Waals surface area (Å²) < 4.78 is 0. The molecule has 11 atom stereocenters. The van der Waals surface area contributed by atoms with Crippen molar-refractivity contribution in [3.05, 3.63) is 36.0 Å². The smallest absolute Gasteiger partial charge is 0.303 e. The van der Waals surface area contributed by atoms with Crippen molar-refractivity contribution in [2.75, 3.05) is 24.6 Å². The molecular weight excluding hydrogens is 1080 g/mol. The molecule has 1 aliphatic rings. The van der Waals surface area contributed by atoms with Crippen LogP contribution in [0.1, 0.15) is 78.2 Å². The Kier molecular flexibility index (Phi) is 27.4. The second-order valence-electron chi connectivity index (χ2n) is 19.3. The van der Waals surface area contributed by atoms with E-state index in [4.69, 9.17) is 22.9 Å². The molecular formula is C48H74N14O15S2. The number of amides is 11. The van der Waals surface area contributed by atoms with E-state index in [0.717, 1.165) is 21.6 Å². The Hall–Kier alpha value is -7.06. The number of primary amides is 2. The number of carboxylic acids is 1. The van der Waals surface area contributed by atoms with Gasteiger partial charge in [0.1, 0.15) is 48.3 Å². The van der Waals surface area contributed by atoms with Crippen LogP contribution in [0.4, 0.5) is 0 Å². The van der Waals surface area contributed by atoms with Gasteiger partial charge in [0.25, 0.3) is 0 Å². The number of nitrogens with one attached hydrogen (secondary N) is 10. The maximum atomic E-state index is 14.3. The standard InChI is InChI=1S/C48H74N14O15S2/c1-22(2)15-31-46(75)62-39(24(4)64)48(77)60-34(40(52)69)21-79-78-20-27(50)41(70)61-38(23(3)63)47(76)59-32(16-25-18-53-28-10-6-5-9-26(25)28)44(73)57-30(12-13-37(67)68)42(71)54-19-36(66)55-33(17-35(51)65)45(74)56-29(43(72)58-31)11-7-8-14-49/h5-6,9-10,18,22-24,27,29-34,38-39,53,63-64H,7-8,11-17,19-21,49-50H2,1-4H3,(H2,51,65)(H2,52,69)(H,54,71)(H,55,66)(H,56,74)(H,57,73)(H,58,72)(H,59,76)(H,60,77)(H,61,70)(H,62,75)(H,67,68)/t23-,24-,27+,29+,30+,31+,32+,33+,34+,38+,39+/m1/s1. The molecule has 21 N–H and O–H groups in total. The van der Waals surface area contributed by atoms with Gasteiger partial charge in [-0.3, -0.25) is 57.5 Å². The number of aliphatic hydroxyl groups is 2. The molecule has 0 bridgehead atoms. The molecule has 1 aromatic carbocycles. The number of carboxylic acid groups (broad SMARTS) is 1. The fourth-order valence-corrected chi connectivity index (χ4v) is 10.1. The van der Waals surface area contributed by atoms with Crippen molar-refractivity contribution in [2.24, 2.45) is 28.9 Å². The van der Waals surface area contributed by atoms with Crippen molar-refractivity contribution in [2.45, 2.75) is 146 Å². The molecule has 1 fully saturated rings. The Labute approximate surface area is 462 Å². The minimum absolute atomic E-state index is 0.0431. The molecule has 31 heteroatoms. The highest BCUT2D eigenvalue weighted by atomic mass is 33.1. The van der Waals surface area contributed by atoms with E-state index in [2.05, 4.69) is 52.8 Å². The van der Waals surface area contributed by atoms with Crippen LogP contribution in [0, 0.1) is 5.92 Å². The molecule has 3 rings (SSSR count). The summed E-state index contributed by atoms with van der Waals surface area (Å²) in [6, 6.07) is -7.26. The second-order valence-corrected chi connectivity index (χ2v) is 21.8. The zero-order valence-electron chi connectivity index (χ0n) is 44.2. The van der Waals surface area contributed by atoms with Gasteiger partial charge in [0, 0.05) is 41.4 Å². The van der Waals surface area contributed by atoms with Crippen molar-refractivity contribution < 1.29 is 72.9 Å². The molecule has 11 amide bonds. The first-order valence-electron chi connectivity index (χ1n) is 25.3. The first kappa shape index (κ1) is 66.2. The van der Waals surface area contributed by atoms with Gasteiger partial charge in [0.15, 0.2) is 0 Å². The van der Waals surface area contributed by atoms with Gasteiger partial charge in [-0.2, -0.15) is 0 Å². The van der Waals surface area contributed by atoms with Crippen LogP contribution >= 0.6 is 21.6 Å². The van der Waals surface area contributed by atoms with Crippen molar-refractivity contribution in [1.29, 1.82) is 0 Å². The van der Waals surface area contributed by atoms with Gasteiger partial charge < -0.3 is 91.1 Å². The van der Waals surface area contributed by atoms with Gasteiger partial charge in [-0.25, -0.2) is 0 Å². The maximum Gasteiger partial charge on any atom is 0.303 e. The SMILES string of the molecule is CC(C)C[C@@H]1NC(=O)[C@H](CCCCN)NC(=O)[C@H](CC(N)=O)NC(=O)CNC(=O)[C@H](CCC(=O)O)NC(=O)[C@H](Cc2c[nH]c3ccccc23)NC(=O)[C@H]([C@@H](C)O)NC(=O)[C@@H](N)CSSC[C@@H](C(N)=O)NC(=O)[C@H]([C@@H](C)O)NC1=O. The first-order valence-corrected chi connectivity index (χ1v) is 27.8. The number of aromatic nitrogens is 1. The summed E-state index contributed by atoms with van der Waals surface area (Å²) in [5, 5.41) is 53.2. The number of aromatic amines is 1. The van der Waals surface area contributed by atoms with E-state index < -0.39 is 163 Å². The molecule has 1 aliphatic heterocycles. The summed E-state index contributed by atoms with van der Waals surface area (Å²) in [5.74, 6) is -13.5. The number of benzene rings is 1. The van der Waals surface area contributed by atoms with Crippen LogP contribution in [0.15, 0.2) is 30.5 Å². The lowest BCUT2D eigenvalue weighted by Gasteiger charge is -2.28. The number of unbranched alkanes of at least 4 members (excludes halogenated alkanes) is 1. The monoisotopic (exact) mass is 1150 g/mol. The van der Waals surface area contributed by atoms with E-state index in [9.17, 15) is 72.9 Å². The molecule has 0 aliphatic carbocycles. The van der Waals surface area contributed by atoms with Crippen LogP contribution in [0.5, 0.6) is 0 Å². The van der Waals surface area contributed by atoms with Gasteiger partial charge in [-0.05, 0) is 70.0 Å². The lowest BCUT2D eigenvalue weighted by Crippen LogP contribution is -2.61. The third-order valence-corrected chi connectivity index (χ3v) is 14.5. The van der Waals surface area contributed by atoms with Gasteiger partial charge in [-0.15, -0.1) is 0 Å². The summed E-state index contributed by atoms with van der Waals surface area (Å²) in [4.78, 5) is 164. The summed E-state index contributed by atoms with van der Waals surface area (Å²) >= 11 is 0. The van der Waals surface area contributed by atoms with E-state index >= 15 is 0 Å². The molecule has 0 saturated carbocycles. The number of rotatable bonds is 16. The predicted octanol–water partition coefficient (Wildman–Crippen LogP) is -5.41. The van der Waals surface area contributed by atoms with Gasteiger partial charge >= 0.3 is 5.97 Å². The quantitative estimate of drug-likeness (QED) is 0.0551. The number of carbonyl (C=O) groups excluding carboxylic acids is 11. The number of nitrogens with two attached hydrogens (primary N) is 4. The molecule has 79 heavy (non-hydrogen) atoms. The molecule has 0 radical (unpaired) electrons. The van der Waals surface area contributed by atoms with Crippen LogP contribution in [0.3, 0.4) is 0 Å². The third kappa shape index (κ3) is 22.3. The van der Waals surface area contributed by atoms with E-state index in [1.165, 1.54) is 13.8 Å². The summed E-state index contributed by atoms with van der Waals surface area (Å²) in [6.45, 7) is 5.03. The lowest BCUT2D eigenvalue weighted by atomic mass is 10.0. The number of aliphatic carboxylic acids is 1. The molecule has 1 aromatic heterocycles. The molecule has 0 spiro atoms. The van der Waals surface area contributed by atoms with Crippen LogP contribution in [0.2, 0.25) is 0 Å². The average Bonchev–Trinajstić information content (AvgIpc) is 3.79.